The van der Waals surface area contributed by atoms with Crippen molar-refractivity contribution >= 4 is 44.8 Å². The largest absolute Gasteiger partial charge is 0.321 e. The van der Waals surface area contributed by atoms with Gasteiger partial charge < -0.3 is 5.32 Å². The first-order valence-electron chi connectivity index (χ1n) is 5.59. The van der Waals surface area contributed by atoms with Crippen LogP contribution in [0, 0.1) is 15.9 Å². The van der Waals surface area contributed by atoms with Crippen molar-refractivity contribution in [1.29, 1.82) is 0 Å². The summed E-state index contributed by atoms with van der Waals surface area (Å²) in [5, 5.41) is 13.0. The minimum Gasteiger partial charge on any atom is -0.321 e. The summed E-state index contributed by atoms with van der Waals surface area (Å²) in [6, 6.07) is 7.52. The molecule has 108 valence electrons. The van der Waals surface area contributed by atoms with E-state index < -0.39 is 16.6 Å². The van der Waals surface area contributed by atoms with Crippen LogP contribution in [-0.4, -0.2) is 10.8 Å². The first-order valence-corrected chi connectivity index (χ1v) is 6.76. The Morgan fingerprint density at radius 2 is 2.00 bits per heavy atom. The highest BCUT2D eigenvalue weighted by Gasteiger charge is 2.15. The maximum Gasteiger partial charge on any atom is 0.271 e. The zero-order valence-electron chi connectivity index (χ0n) is 10.3. The molecule has 0 spiro atoms. The van der Waals surface area contributed by atoms with E-state index in [1.807, 2.05) is 0 Å². The molecule has 0 atom stereocenters. The minimum absolute atomic E-state index is 0.00652. The zero-order valence-corrected chi connectivity index (χ0v) is 12.6. The summed E-state index contributed by atoms with van der Waals surface area (Å²) in [4.78, 5) is 22.0. The quantitative estimate of drug-likeness (QED) is 0.640. The van der Waals surface area contributed by atoms with Crippen molar-refractivity contribution in [2.24, 2.45) is 0 Å². The van der Waals surface area contributed by atoms with E-state index >= 15 is 0 Å². The normalized spacial score (nSPS) is 10.2. The number of non-ortho nitro benzene ring substituents is 1. The number of carbonyl (C=O) groups is 1. The van der Waals surface area contributed by atoms with Gasteiger partial charge in [-0.3, -0.25) is 14.9 Å². The maximum absolute atomic E-state index is 13.6. The Bertz CT molecular complexity index is 739. The molecule has 0 aliphatic heterocycles. The molecule has 0 unspecified atom stereocenters. The lowest BCUT2D eigenvalue weighted by atomic mass is 10.2. The van der Waals surface area contributed by atoms with Crippen molar-refractivity contribution in [3.63, 3.8) is 0 Å². The molecule has 21 heavy (non-hydrogen) atoms. The van der Waals surface area contributed by atoms with Gasteiger partial charge in [-0.15, -0.1) is 0 Å². The Hall–Kier alpha value is -1.99. The number of nitro groups is 1. The number of nitro benzene ring substituents is 1. The van der Waals surface area contributed by atoms with Gasteiger partial charge >= 0.3 is 0 Å². The van der Waals surface area contributed by atoms with E-state index in [1.54, 1.807) is 0 Å². The molecule has 0 fully saturated rings. The van der Waals surface area contributed by atoms with Crippen LogP contribution in [0.1, 0.15) is 10.4 Å². The predicted molar refractivity (Wildman–Crippen MR) is 80.2 cm³/mol. The third-order valence-corrected chi connectivity index (χ3v) is 3.39. The first kappa shape index (κ1) is 15.4. The summed E-state index contributed by atoms with van der Waals surface area (Å²) in [6.07, 6.45) is 0. The molecule has 0 bridgehead atoms. The molecule has 0 saturated heterocycles. The predicted octanol–water partition coefficient (Wildman–Crippen LogP) is 4.40. The molecule has 1 N–H and O–H groups in total. The van der Waals surface area contributed by atoms with Gasteiger partial charge in [0.15, 0.2) is 0 Å². The van der Waals surface area contributed by atoms with Crippen LogP contribution in [0.4, 0.5) is 15.8 Å². The van der Waals surface area contributed by atoms with Crippen molar-refractivity contribution in [3.05, 3.63) is 67.4 Å². The lowest BCUT2D eigenvalue weighted by molar-refractivity contribution is -0.384. The second kappa shape index (κ2) is 6.19. The second-order valence-electron chi connectivity index (χ2n) is 4.00. The lowest BCUT2D eigenvalue weighted by Crippen LogP contribution is -2.14. The number of anilines is 1. The molecule has 2 aromatic rings. The number of hydrogen-bond donors (Lipinski definition) is 1. The minimum atomic E-state index is -0.704. The monoisotopic (exact) mass is 372 g/mol. The Morgan fingerprint density at radius 3 is 2.62 bits per heavy atom. The number of halogens is 3. The third-order valence-electron chi connectivity index (χ3n) is 2.58. The molecule has 8 heteroatoms. The zero-order chi connectivity index (χ0) is 15.6. The van der Waals surface area contributed by atoms with Crippen LogP contribution in [-0.2, 0) is 0 Å². The van der Waals surface area contributed by atoms with Crippen LogP contribution >= 0.6 is 27.5 Å². The maximum atomic E-state index is 13.6. The molecule has 0 aliphatic rings. The molecular weight excluding hydrogens is 367 g/mol. The van der Waals surface area contributed by atoms with Crippen molar-refractivity contribution < 1.29 is 14.1 Å². The summed E-state index contributed by atoms with van der Waals surface area (Å²) in [6.45, 7) is 0. The summed E-state index contributed by atoms with van der Waals surface area (Å²) >= 11 is 9.00. The Morgan fingerprint density at radius 1 is 1.29 bits per heavy atom. The van der Waals surface area contributed by atoms with Crippen LogP contribution in [0.5, 0.6) is 0 Å². The van der Waals surface area contributed by atoms with Gasteiger partial charge in [-0.05, 0) is 24.3 Å². The fourth-order valence-corrected chi connectivity index (χ4v) is 2.16. The van der Waals surface area contributed by atoms with Gasteiger partial charge in [-0.2, -0.15) is 0 Å². The molecule has 2 aromatic carbocycles. The summed E-state index contributed by atoms with van der Waals surface area (Å²) in [5.41, 5.74) is -0.211. The van der Waals surface area contributed by atoms with Gasteiger partial charge in [0, 0.05) is 16.6 Å². The Balaban J connectivity index is 2.27. The molecule has 2 rings (SSSR count). The van der Waals surface area contributed by atoms with E-state index in [4.69, 9.17) is 11.6 Å². The number of nitrogens with one attached hydrogen (secondary N) is 1. The molecule has 0 aromatic heterocycles. The number of carbonyl (C=O) groups excluding carboxylic acids is 1. The summed E-state index contributed by atoms with van der Waals surface area (Å²) < 4.78 is 14.1. The number of rotatable bonds is 3. The molecule has 0 radical (unpaired) electrons. The summed E-state index contributed by atoms with van der Waals surface area (Å²) in [5.74, 6) is -1.39. The van der Waals surface area contributed by atoms with Crippen LogP contribution in [0.15, 0.2) is 40.9 Å². The second-order valence-corrected chi connectivity index (χ2v) is 5.32. The standard InChI is InChI=1S/C13H7BrClFN2O3/c14-7-1-3-11(16)9(5-7)13(19)17-12-4-2-8(18(20)21)6-10(12)15/h1-6H,(H,17,19). The number of hydrogen-bond acceptors (Lipinski definition) is 3. The smallest absolute Gasteiger partial charge is 0.271 e. The highest BCUT2D eigenvalue weighted by molar-refractivity contribution is 9.10. The van der Waals surface area contributed by atoms with Crippen molar-refractivity contribution in [2.75, 3.05) is 5.32 Å². The summed E-state index contributed by atoms with van der Waals surface area (Å²) in [7, 11) is 0. The number of amides is 1. The van der Waals surface area contributed by atoms with E-state index in [0.717, 1.165) is 12.1 Å². The van der Waals surface area contributed by atoms with E-state index in [0.29, 0.717) is 4.47 Å². The van der Waals surface area contributed by atoms with Crippen LogP contribution < -0.4 is 5.32 Å². The van der Waals surface area contributed by atoms with Gasteiger partial charge in [0.25, 0.3) is 11.6 Å². The van der Waals surface area contributed by atoms with Crippen LogP contribution in [0.3, 0.4) is 0 Å². The highest BCUT2D eigenvalue weighted by atomic mass is 79.9. The van der Waals surface area contributed by atoms with Gasteiger partial charge in [-0.1, -0.05) is 27.5 Å². The average molecular weight is 374 g/mol. The molecule has 0 heterocycles. The lowest BCUT2D eigenvalue weighted by Gasteiger charge is -2.08. The van der Waals surface area contributed by atoms with Gasteiger partial charge in [-0.25, -0.2) is 4.39 Å². The number of nitrogens with zero attached hydrogens (tertiary/aromatic N) is 1. The SMILES string of the molecule is O=C(Nc1ccc([N+](=O)[O-])cc1Cl)c1cc(Br)ccc1F. The molecular formula is C13H7BrClFN2O3. The van der Waals surface area contributed by atoms with Crippen molar-refractivity contribution in [1.82, 2.24) is 0 Å². The molecule has 1 amide bonds. The van der Waals surface area contributed by atoms with Crippen molar-refractivity contribution in [2.45, 2.75) is 0 Å². The van der Waals surface area contributed by atoms with Gasteiger partial charge in [0.2, 0.25) is 0 Å². The topological polar surface area (TPSA) is 72.2 Å². The van der Waals surface area contributed by atoms with Crippen LogP contribution in [0.25, 0.3) is 0 Å². The fraction of sp³-hybridized carbons (Fsp3) is 0. The van der Waals surface area contributed by atoms with Crippen molar-refractivity contribution in [3.8, 4) is 0 Å². The number of benzene rings is 2. The van der Waals surface area contributed by atoms with E-state index in [1.165, 1.54) is 24.3 Å². The molecule has 0 aliphatic carbocycles. The molecule has 5 nitrogen and oxygen atoms in total. The average Bonchev–Trinajstić information content (AvgIpc) is 2.43. The third kappa shape index (κ3) is 3.56. The van der Waals surface area contributed by atoms with Gasteiger partial charge in [0.1, 0.15) is 5.82 Å². The first-order chi connectivity index (χ1) is 9.88. The Labute approximate surface area is 132 Å². The van der Waals surface area contributed by atoms with Gasteiger partial charge in [0.05, 0.1) is 21.2 Å². The van der Waals surface area contributed by atoms with E-state index in [2.05, 4.69) is 21.2 Å². The highest BCUT2D eigenvalue weighted by Crippen LogP contribution is 2.27. The Kier molecular flexibility index (Phi) is 4.54. The molecule has 0 saturated carbocycles. The van der Waals surface area contributed by atoms with E-state index in [-0.39, 0.29) is 22.0 Å². The van der Waals surface area contributed by atoms with E-state index in [9.17, 15) is 19.3 Å². The fourth-order valence-electron chi connectivity index (χ4n) is 1.58. The van der Waals surface area contributed by atoms with Crippen LogP contribution in [0.2, 0.25) is 5.02 Å².